The van der Waals surface area contributed by atoms with E-state index in [0.29, 0.717) is 6.04 Å². The first kappa shape index (κ1) is 12.3. The predicted octanol–water partition coefficient (Wildman–Crippen LogP) is 2.74. The fourth-order valence-electron chi connectivity index (χ4n) is 2.81. The van der Waals surface area contributed by atoms with Crippen molar-refractivity contribution in [2.45, 2.75) is 26.8 Å². The van der Waals surface area contributed by atoms with Gasteiger partial charge in [-0.1, -0.05) is 47.5 Å². The second kappa shape index (κ2) is 4.74. The van der Waals surface area contributed by atoms with Gasteiger partial charge in [-0.3, -0.25) is 0 Å². The van der Waals surface area contributed by atoms with E-state index in [9.17, 15) is 0 Å². The molecule has 19 heavy (non-hydrogen) atoms. The molecule has 0 aromatic heterocycles. The molecule has 1 N–H and O–H groups in total. The standard InChI is InChI=1S/C16H18BNO/c1-11-7-6-8-12(2)16(11)17-18-13(3)14-9-4-5-10-15(14)19-17/h4-10,13,18H,1-3H3. The van der Waals surface area contributed by atoms with Crippen LogP contribution in [0, 0.1) is 13.8 Å². The van der Waals surface area contributed by atoms with Crippen LogP contribution in [0.5, 0.6) is 5.75 Å². The van der Waals surface area contributed by atoms with Crippen molar-refractivity contribution in [3.63, 3.8) is 0 Å². The fraction of sp³-hybridized carbons (Fsp3) is 0.250. The smallest absolute Gasteiger partial charge is 0.483 e. The van der Waals surface area contributed by atoms with Crippen molar-refractivity contribution in [1.82, 2.24) is 5.23 Å². The average Bonchev–Trinajstić information content (AvgIpc) is 2.38. The van der Waals surface area contributed by atoms with Crippen molar-refractivity contribution in [3.05, 3.63) is 59.2 Å². The minimum atomic E-state index is -0.0638. The molecule has 0 fully saturated rings. The third kappa shape index (κ3) is 2.15. The van der Waals surface area contributed by atoms with Gasteiger partial charge in [-0.2, -0.15) is 0 Å². The highest BCUT2D eigenvalue weighted by Crippen LogP contribution is 2.29. The summed E-state index contributed by atoms with van der Waals surface area (Å²) in [6, 6.07) is 14.9. The maximum Gasteiger partial charge on any atom is 0.483 e. The largest absolute Gasteiger partial charge is 0.542 e. The number of fused-ring (bicyclic) bond motifs is 1. The van der Waals surface area contributed by atoms with Gasteiger partial charge in [-0.25, -0.2) is 0 Å². The van der Waals surface area contributed by atoms with E-state index in [1.54, 1.807) is 0 Å². The lowest BCUT2D eigenvalue weighted by molar-refractivity contribution is 0.492. The predicted molar refractivity (Wildman–Crippen MR) is 79.9 cm³/mol. The third-order valence-electron chi connectivity index (χ3n) is 3.84. The first-order chi connectivity index (χ1) is 9.16. The van der Waals surface area contributed by atoms with Crippen LogP contribution in [0.25, 0.3) is 0 Å². The molecule has 1 atom stereocenters. The van der Waals surface area contributed by atoms with Crippen molar-refractivity contribution >= 4 is 12.5 Å². The molecular weight excluding hydrogens is 233 g/mol. The molecule has 1 aliphatic rings. The monoisotopic (exact) mass is 251 g/mol. The summed E-state index contributed by atoms with van der Waals surface area (Å²) in [5.74, 6) is 0.987. The van der Waals surface area contributed by atoms with E-state index in [1.807, 2.05) is 12.1 Å². The Labute approximate surface area is 114 Å². The zero-order chi connectivity index (χ0) is 13.4. The SMILES string of the molecule is Cc1cccc(C)c1B1NC(C)c2ccccc2O1. The van der Waals surface area contributed by atoms with Crippen LogP contribution in [0.3, 0.4) is 0 Å². The highest BCUT2D eigenvalue weighted by Gasteiger charge is 2.32. The minimum absolute atomic E-state index is 0.0638. The average molecular weight is 251 g/mol. The Kier molecular flexibility index (Phi) is 3.07. The third-order valence-corrected chi connectivity index (χ3v) is 3.84. The van der Waals surface area contributed by atoms with Crippen LogP contribution in [-0.4, -0.2) is 7.05 Å². The molecule has 0 aliphatic carbocycles. The maximum absolute atomic E-state index is 6.14. The minimum Gasteiger partial charge on any atom is -0.542 e. The number of para-hydroxylation sites is 1. The van der Waals surface area contributed by atoms with Crippen LogP contribution in [0.1, 0.15) is 29.7 Å². The number of hydrogen-bond donors (Lipinski definition) is 1. The number of rotatable bonds is 1. The quantitative estimate of drug-likeness (QED) is 0.787. The molecule has 3 heteroatoms. The van der Waals surface area contributed by atoms with Gasteiger partial charge in [-0.15, -0.1) is 0 Å². The van der Waals surface area contributed by atoms with Gasteiger partial charge in [0.25, 0.3) is 0 Å². The highest BCUT2D eigenvalue weighted by molar-refractivity contribution is 6.67. The summed E-state index contributed by atoms with van der Waals surface area (Å²) in [5, 5.41) is 3.55. The fourth-order valence-corrected chi connectivity index (χ4v) is 2.81. The van der Waals surface area contributed by atoms with E-state index in [1.165, 1.54) is 22.2 Å². The van der Waals surface area contributed by atoms with Crippen LogP contribution in [-0.2, 0) is 0 Å². The second-order valence-corrected chi connectivity index (χ2v) is 5.23. The molecule has 1 unspecified atom stereocenters. The van der Waals surface area contributed by atoms with Gasteiger partial charge in [0, 0.05) is 11.6 Å². The molecule has 2 aromatic carbocycles. The Hall–Kier alpha value is -1.74. The van der Waals surface area contributed by atoms with Gasteiger partial charge in [-0.05, 0) is 32.3 Å². The lowest BCUT2D eigenvalue weighted by Gasteiger charge is -2.31. The normalized spacial score (nSPS) is 17.8. The molecule has 96 valence electrons. The molecular formula is C16H18BNO. The van der Waals surface area contributed by atoms with E-state index < -0.39 is 0 Å². The van der Waals surface area contributed by atoms with Crippen LogP contribution in [0.15, 0.2) is 42.5 Å². The number of hydrogen-bond acceptors (Lipinski definition) is 2. The Morgan fingerprint density at radius 2 is 1.68 bits per heavy atom. The van der Waals surface area contributed by atoms with Crippen LogP contribution < -0.4 is 15.3 Å². The van der Waals surface area contributed by atoms with E-state index >= 15 is 0 Å². The van der Waals surface area contributed by atoms with Gasteiger partial charge in [0.2, 0.25) is 0 Å². The molecule has 3 rings (SSSR count). The lowest BCUT2D eigenvalue weighted by atomic mass is 9.67. The number of aryl methyl sites for hydroxylation is 2. The Morgan fingerprint density at radius 1 is 1.00 bits per heavy atom. The zero-order valence-corrected chi connectivity index (χ0v) is 11.6. The summed E-state index contributed by atoms with van der Waals surface area (Å²) in [6.07, 6.45) is 0. The van der Waals surface area contributed by atoms with Crippen LogP contribution in [0.4, 0.5) is 0 Å². The van der Waals surface area contributed by atoms with Crippen LogP contribution in [0.2, 0.25) is 0 Å². The zero-order valence-electron chi connectivity index (χ0n) is 11.6. The number of nitrogens with one attached hydrogen (secondary N) is 1. The van der Waals surface area contributed by atoms with E-state index in [2.05, 4.69) is 56.3 Å². The molecule has 1 aliphatic heterocycles. The number of benzene rings is 2. The van der Waals surface area contributed by atoms with Crippen molar-refractivity contribution in [3.8, 4) is 5.75 Å². The summed E-state index contributed by atoms with van der Waals surface area (Å²) >= 11 is 0. The molecule has 0 amide bonds. The summed E-state index contributed by atoms with van der Waals surface area (Å²) < 4.78 is 6.14. The highest BCUT2D eigenvalue weighted by atomic mass is 16.4. The van der Waals surface area contributed by atoms with Gasteiger partial charge in [0.05, 0.1) is 0 Å². The Bertz CT molecular complexity index is 591. The van der Waals surface area contributed by atoms with Crippen molar-refractivity contribution < 1.29 is 4.65 Å². The molecule has 2 nitrogen and oxygen atoms in total. The van der Waals surface area contributed by atoms with Crippen molar-refractivity contribution in [1.29, 1.82) is 0 Å². The van der Waals surface area contributed by atoms with E-state index in [0.717, 1.165) is 5.75 Å². The summed E-state index contributed by atoms with van der Waals surface area (Å²) in [4.78, 5) is 0. The first-order valence-corrected chi connectivity index (χ1v) is 6.74. The molecule has 0 saturated carbocycles. The molecule has 0 radical (unpaired) electrons. The van der Waals surface area contributed by atoms with Gasteiger partial charge in [0.1, 0.15) is 5.75 Å². The first-order valence-electron chi connectivity index (χ1n) is 6.74. The van der Waals surface area contributed by atoms with Gasteiger partial charge in [0.15, 0.2) is 0 Å². The lowest BCUT2D eigenvalue weighted by Crippen LogP contribution is -2.55. The second-order valence-electron chi connectivity index (χ2n) is 5.23. The topological polar surface area (TPSA) is 21.3 Å². The molecule has 0 bridgehead atoms. The molecule has 2 aromatic rings. The van der Waals surface area contributed by atoms with Crippen molar-refractivity contribution in [2.24, 2.45) is 0 Å². The summed E-state index contributed by atoms with van der Waals surface area (Å²) in [5.41, 5.74) is 5.02. The Morgan fingerprint density at radius 3 is 2.42 bits per heavy atom. The maximum atomic E-state index is 6.14. The van der Waals surface area contributed by atoms with Crippen molar-refractivity contribution in [2.75, 3.05) is 0 Å². The summed E-state index contributed by atoms with van der Waals surface area (Å²) in [7, 11) is -0.0638. The van der Waals surface area contributed by atoms with Gasteiger partial charge >= 0.3 is 7.05 Å². The van der Waals surface area contributed by atoms with E-state index in [-0.39, 0.29) is 7.05 Å². The van der Waals surface area contributed by atoms with Gasteiger partial charge < -0.3 is 9.88 Å². The molecule has 1 heterocycles. The molecule has 0 spiro atoms. The van der Waals surface area contributed by atoms with Crippen LogP contribution >= 0.6 is 0 Å². The van der Waals surface area contributed by atoms with E-state index in [4.69, 9.17) is 4.65 Å². The molecule has 0 saturated heterocycles. The Balaban J connectivity index is 2.02. The summed E-state index contributed by atoms with van der Waals surface area (Å²) in [6.45, 7) is 6.46.